The van der Waals surface area contributed by atoms with Gasteiger partial charge in [-0.25, -0.2) is 0 Å². The molecule has 0 aliphatic carbocycles. The van der Waals surface area contributed by atoms with Crippen LogP contribution in [0.5, 0.6) is 0 Å². The van der Waals surface area contributed by atoms with Crippen molar-refractivity contribution in [3.8, 4) is 0 Å². The van der Waals surface area contributed by atoms with Gasteiger partial charge in [-0.3, -0.25) is 4.79 Å². The van der Waals surface area contributed by atoms with Gasteiger partial charge in [0.2, 0.25) is 0 Å². The van der Waals surface area contributed by atoms with Crippen molar-refractivity contribution < 1.29 is 4.79 Å². The van der Waals surface area contributed by atoms with E-state index in [0.29, 0.717) is 6.54 Å². The highest BCUT2D eigenvalue weighted by molar-refractivity contribution is 5.92. The molecule has 0 rings (SSSR count). The largest absolute Gasteiger partial charge is 0.330 e. The van der Waals surface area contributed by atoms with Crippen molar-refractivity contribution in [1.29, 1.82) is 0 Å². The van der Waals surface area contributed by atoms with Crippen LogP contribution in [0.1, 0.15) is 20.8 Å². The molecule has 0 bridgehead atoms. The van der Waals surface area contributed by atoms with E-state index in [4.69, 9.17) is 5.73 Å². The lowest BCUT2D eigenvalue weighted by atomic mass is 10.1. The van der Waals surface area contributed by atoms with Gasteiger partial charge in [0, 0.05) is 12.5 Å². The van der Waals surface area contributed by atoms with Crippen molar-refractivity contribution in [3.63, 3.8) is 0 Å². The highest BCUT2D eigenvalue weighted by Gasteiger charge is 2.06. The topological polar surface area (TPSA) is 43.1 Å². The second kappa shape index (κ2) is 4.23. The number of allylic oxidation sites excluding steroid dienone is 2. The fourth-order valence-corrected chi connectivity index (χ4v) is 0.543. The Morgan fingerprint density at radius 3 is 2.40 bits per heavy atom. The molecule has 0 amide bonds. The molecular formula is C8H15NO. The first kappa shape index (κ1) is 9.37. The zero-order valence-electron chi connectivity index (χ0n) is 6.85. The Morgan fingerprint density at radius 1 is 1.60 bits per heavy atom. The summed E-state index contributed by atoms with van der Waals surface area (Å²) in [6, 6.07) is 0. The van der Waals surface area contributed by atoms with Crippen molar-refractivity contribution in [2.75, 3.05) is 6.54 Å². The normalized spacial score (nSPS) is 12.4. The minimum absolute atomic E-state index is 0.0325. The fraction of sp³-hybridized carbons (Fsp3) is 0.625. The number of nitrogens with two attached hydrogens (primary N) is 1. The Bertz CT molecular complexity index is 145. The number of carbonyl (C=O) groups excluding carboxylic acids is 1. The van der Waals surface area contributed by atoms with E-state index in [1.165, 1.54) is 0 Å². The molecule has 1 atom stereocenters. The average Bonchev–Trinajstić information content (AvgIpc) is 1.85. The summed E-state index contributed by atoms with van der Waals surface area (Å²) in [5.74, 6) is 0.0948. The van der Waals surface area contributed by atoms with E-state index in [1.807, 2.05) is 20.8 Å². The van der Waals surface area contributed by atoms with Gasteiger partial charge in [-0.15, -0.1) is 0 Å². The maximum atomic E-state index is 11.0. The fourth-order valence-electron chi connectivity index (χ4n) is 0.543. The van der Waals surface area contributed by atoms with Gasteiger partial charge >= 0.3 is 0 Å². The highest BCUT2D eigenvalue weighted by atomic mass is 16.1. The molecule has 0 saturated heterocycles. The number of rotatable bonds is 3. The molecular weight excluding hydrogens is 126 g/mol. The Balaban J connectivity index is 3.97. The molecule has 0 radical (unpaired) electrons. The Labute approximate surface area is 62.1 Å². The zero-order valence-corrected chi connectivity index (χ0v) is 6.85. The zero-order chi connectivity index (χ0) is 8.15. The number of ketones is 1. The Morgan fingerprint density at radius 2 is 2.10 bits per heavy atom. The van der Waals surface area contributed by atoms with E-state index in [2.05, 4.69) is 0 Å². The summed E-state index contributed by atoms with van der Waals surface area (Å²) in [4.78, 5) is 11.0. The predicted octanol–water partition coefficient (Wildman–Crippen LogP) is 1.12. The van der Waals surface area contributed by atoms with Gasteiger partial charge in [-0.1, -0.05) is 12.5 Å². The second-order valence-corrected chi connectivity index (χ2v) is 2.76. The van der Waals surface area contributed by atoms with Gasteiger partial charge in [0.1, 0.15) is 0 Å². The number of carbonyl (C=O) groups is 1. The van der Waals surface area contributed by atoms with E-state index >= 15 is 0 Å². The Kier molecular flexibility index (Phi) is 3.96. The van der Waals surface area contributed by atoms with Crippen molar-refractivity contribution in [1.82, 2.24) is 0 Å². The monoisotopic (exact) mass is 141 g/mol. The molecule has 2 nitrogen and oxygen atoms in total. The van der Waals surface area contributed by atoms with Crippen LogP contribution in [-0.2, 0) is 4.79 Å². The van der Waals surface area contributed by atoms with Crippen LogP contribution in [0.3, 0.4) is 0 Å². The molecule has 0 saturated carbocycles. The molecule has 0 aromatic rings. The Hall–Kier alpha value is -0.630. The second-order valence-electron chi connectivity index (χ2n) is 2.76. The predicted molar refractivity (Wildman–Crippen MR) is 42.7 cm³/mol. The molecule has 0 spiro atoms. The van der Waals surface area contributed by atoms with Crippen LogP contribution in [0.25, 0.3) is 0 Å². The van der Waals surface area contributed by atoms with Gasteiger partial charge in [0.05, 0.1) is 0 Å². The summed E-state index contributed by atoms with van der Waals surface area (Å²) in [7, 11) is 0. The maximum Gasteiger partial charge on any atom is 0.159 e. The third-order valence-corrected chi connectivity index (χ3v) is 1.27. The summed E-state index contributed by atoms with van der Waals surface area (Å²) in [6.45, 7) is 6.08. The lowest BCUT2D eigenvalue weighted by Crippen LogP contribution is -2.18. The van der Waals surface area contributed by atoms with E-state index in [1.54, 1.807) is 6.08 Å². The van der Waals surface area contributed by atoms with E-state index < -0.39 is 0 Å². The lowest BCUT2D eigenvalue weighted by molar-refractivity contribution is -0.117. The number of hydrogen-bond acceptors (Lipinski definition) is 2. The maximum absolute atomic E-state index is 11.0. The first-order valence-electron chi connectivity index (χ1n) is 3.46. The molecule has 10 heavy (non-hydrogen) atoms. The summed E-state index contributed by atoms with van der Waals surface area (Å²) < 4.78 is 0. The lowest BCUT2D eigenvalue weighted by Gasteiger charge is -2.01. The van der Waals surface area contributed by atoms with Crippen LogP contribution in [0, 0.1) is 5.92 Å². The minimum atomic E-state index is -0.0325. The molecule has 1 unspecified atom stereocenters. The third-order valence-electron chi connectivity index (χ3n) is 1.27. The van der Waals surface area contributed by atoms with Crippen molar-refractivity contribution in [2.45, 2.75) is 20.8 Å². The van der Waals surface area contributed by atoms with Gasteiger partial charge in [-0.2, -0.15) is 0 Å². The van der Waals surface area contributed by atoms with Crippen molar-refractivity contribution in [3.05, 3.63) is 11.6 Å². The van der Waals surface area contributed by atoms with Crippen LogP contribution in [0.4, 0.5) is 0 Å². The van der Waals surface area contributed by atoms with Gasteiger partial charge < -0.3 is 5.73 Å². The first-order valence-corrected chi connectivity index (χ1v) is 3.46. The van der Waals surface area contributed by atoms with Crippen LogP contribution < -0.4 is 5.73 Å². The molecule has 0 aliphatic heterocycles. The molecule has 0 heterocycles. The van der Waals surface area contributed by atoms with Crippen LogP contribution in [-0.4, -0.2) is 12.3 Å². The smallest absolute Gasteiger partial charge is 0.159 e. The summed E-state index contributed by atoms with van der Waals surface area (Å²) in [5, 5.41) is 0. The van der Waals surface area contributed by atoms with Gasteiger partial charge in [0.15, 0.2) is 5.78 Å². The molecule has 0 aromatic heterocycles. The molecule has 0 aliphatic rings. The molecule has 0 aromatic carbocycles. The summed E-state index contributed by atoms with van der Waals surface area (Å²) in [6.07, 6.45) is 1.64. The van der Waals surface area contributed by atoms with Crippen LogP contribution in [0.2, 0.25) is 0 Å². The van der Waals surface area contributed by atoms with Crippen molar-refractivity contribution in [2.24, 2.45) is 11.7 Å². The summed E-state index contributed by atoms with van der Waals surface area (Å²) >= 11 is 0. The molecule has 2 N–H and O–H groups in total. The highest BCUT2D eigenvalue weighted by Crippen LogP contribution is 1.98. The van der Waals surface area contributed by atoms with Crippen LogP contribution >= 0.6 is 0 Å². The summed E-state index contributed by atoms with van der Waals surface area (Å²) in [5.41, 5.74) is 6.33. The first-order chi connectivity index (χ1) is 4.57. The standard InChI is InChI=1S/C8H15NO/c1-6(2)4-8(10)7(3)5-9/h4,7H,5,9H2,1-3H3. The minimum Gasteiger partial charge on any atom is -0.330 e. The van der Waals surface area contributed by atoms with E-state index in [0.717, 1.165) is 5.57 Å². The van der Waals surface area contributed by atoms with Crippen LogP contribution in [0.15, 0.2) is 11.6 Å². The average molecular weight is 141 g/mol. The SMILES string of the molecule is CC(C)=CC(=O)C(C)CN. The third kappa shape index (κ3) is 3.41. The molecule has 2 heteroatoms. The van der Waals surface area contributed by atoms with E-state index in [9.17, 15) is 4.79 Å². The quantitative estimate of drug-likeness (QED) is 0.598. The van der Waals surface area contributed by atoms with Gasteiger partial charge in [-0.05, 0) is 19.9 Å². The van der Waals surface area contributed by atoms with Crippen molar-refractivity contribution >= 4 is 5.78 Å². The molecule has 0 fully saturated rings. The van der Waals surface area contributed by atoms with Gasteiger partial charge in [0.25, 0.3) is 0 Å². The number of hydrogen-bond donors (Lipinski definition) is 1. The van der Waals surface area contributed by atoms with E-state index in [-0.39, 0.29) is 11.7 Å². The molecule has 58 valence electrons.